The van der Waals surface area contributed by atoms with E-state index in [4.69, 9.17) is 4.98 Å². The van der Waals surface area contributed by atoms with Crippen LogP contribution in [0.2, 0.25) is 0 Å². The van der Waals surface area contributed by atoms with Crippen molar-refractivity contribution < 1.29 is 0 Å². The average molecular weight is 273 g/mol. The molecule has 0 radical (unpaired) electrons. The highest BCUT2D eigenvalue weighted by atomic mass is 15.3. The van der Waals surface area contributed by atoms with Gasteiger partial charge in [-0.1, -0.05) is 13.8 Å². The van der Waals surface area contributed by atoms with Gasteiger partial charge in [0, 0.05) is 31.0 Å². The molecule has 0 amide bonds. The minimum Gasteiger partial charge on any atom is -0.370 e. The van der Waals surface area contributed by atoms with E-state index in [9.17, 15) is 0 Å². The van der Waals surface area contributed by atoms with Crippen molar-refractivity contribution in [3.8, 4) is 11.4 Å². The molecule has 2 heterocycles. The van der Waals surface area contributed by atoms with Crippen molar-refractivity contribution in [3.05, 3.63) is 23.1 Å². The lowest BCUT2D eigenvalue weighted by molar-refractivity contribution is 0.756. The highest BCUT2D eigenvalue weighted by molar-refractivity contribution is 5.61. The van der Waals surface area contributed by atoms with Gasteiger partial charge in [-0.15, -0.1) is 0 Å². The third-order valence-corrected chi connectivity index (χ3v) is 3.38. The summed E-state index contributed by atoms with van der Waals surface area (Å²) in [4.78, 5) is 9.39. The van der Waals surface area contributed by atoms with E-state index in [2.05, 4.69) is 36.2 Å². The highest BCUT2D eigenvalue weighted by Crippen LogP contribution is 2.24. The quantitative estimate of drug-likeness (QED) is 0.910. The van der Waals surface area contributed by atoms with Gasteiger partial charge in [0.05, 0.1) is 11.3 Å². The molecule has 2 aromatic rings. The van der Waals surface area contributed by atoms with E-state index in [0.29, 0.717) is 0 Å². The first kappa shape index (κ1) is 14.5. The Balaban J connectivity index is 2.50. The van der Waals surface area contributed by atoms with Gasteiger partial charge in [0.15, 0.2) is 5.82 Å². The molecular formula is C15H23N5. The van der Waals surface area contributed by atoms with Gasteiger partial charge in [-0.25, -0.2) is 9.97 Å². The van der Waals surface area contributed by atoms with Crippen molar-refractivity contribution in [3.63, 3.8) is 0 Å². The average Bonchev–Trinajstić information content (AvgIpc) is 2.76. The van der Waals surface area contributed by atoms with Gasteiger partial charge in [0.25, 0.3) is 0 Å². The van der Waals surface area contributed by atoms with Crippen LogP contribution in [-0.4, -0.2) is 26.3 Å². The lowest BCUT2D eigenvalue weighted by Gasteiger charge is -2.12. The van der Waals surface area contributed by atoms with Crippen molar-refractivity contribution in [1.82, 2.24) is 19.7 Å². The van der Waals surface area contributed by atoms with Crippen LogP contribution in [0.3, 0.4) is 0 Å². The van der Waals surface area contributed by atoms with Crippen LogP contribution in [0, 0.1) is 13.8 Å². The first-order chi connectivity index (χ1) is 9.56. The summed E-state index contributed by atoms with van der Waals surface area (Å²) in [5, 5.41) is 7.77. The Morgan fingerprint density at radius 2 is 1.95 bits per heavy atom. The molecule has 0 saturated heterocycles. The van der Waals surface area contributed by atoms with Crippen molar-refractivity contribution in [2.75, 3.05) is 11.9 Å². The number of rotatable bonds is 5. The number of nitrogens with one attached hydrogen (secondary N) is 1. The zero-order valence-corrected chi connectivity index (χ0v) is 13.0. The maximum atomic E-state index is 4.70. The summed E-state index contributed by atoms with van der Waals surface area (Å²) in [6.07, 6.45) is 3.96. The molecule has 0 spiro atoms. The Labute approximate surface area is 120 Å². The Hall–Kier alpha value is -1.91. The summed E-state index contributed by atoms with van der Waals surface area (Å²) in [5.41, 5.74) is 4.20. The van der Waals surface area contributed by atoms with E-state index >= 15 is 0 Å². The summed E-state index contributed by atoms with van der Waals surface area (Å²) >= 11 is 0. The lowest BCUT2D eigenvalue weighted by Crippen LogP contribution is -2.08. The van der Waals surface area contributed by atoms with Crippen LogP contribution in [0.15, 0.2) is 6.20 Å². The number of hydrogen-bond acceptors (Lipinski definition) is 4. The topological polar surface area (TPSA) is 55.6 Å². The smallest absolute Gasteiger partial charge is 0.165 e. The SMILES string of the molecule is CCCNc1nc(-c2cn(C)nc2C)nc(CC)c1C. The summed E-state index contributed by atoms with van der Waals surface area (Å²) in [6.45, 7) is 9.27. The number of hydrogen-bond donors (Lipinski definition) is 1. The zero-order valence-electron chi connectivity index (χ0n) is 13.0. The minimum atomic E-state index is 0.761. The molecule has 2 rings (SSSR count). The van der Waals surface area contributed by atoms with Crippen LogP contribution in [0.25, 0.3) is 11.4 Å². The molecule has 0 unspecified atom stereocenters. The van der Waals surface area contributed by atoms with Crippen LogP contribution < -0.4 is 5.32 Å². The van der Waals surface area contributed by atoms with E-state index in [1.165, 1.54) is 0 Å². The highest BCUT2D eigenvalue weighted by Gasteiger charge is 2.14. The fourth-order valence-corrected chi connectivity index (χ4v) is 2.26. The molecular weight excluding hydrogens is 250 g/mol. The number of anilines is 1. The second kappa shape index (κ2) is 6.03. The van der Waals surface area contributed by atoms with E-state index in [0.717, 1.165) is 53.5 Å². The van der Waals surface area contributed by atoms with Gasteiger partial charge in [0.2, 0.25) is 0 Å². The molecule has 0 bridgehead atoms. The fraction of sp³-hybridized carbons (Fsp3) is 0.533. The molecule has 1 N–H and O–H groups in total. The molecule has 0 atom stereocenters. The van der Waals surface area contributed by atoms with Crippen molar-refractivity contribution in [2.45, 2.75) is 40.5 Å². The predicted molar refractivity (Wildman–Crippen MR) is 81.9 cm³/mol. The number of aryl methyl sites for hydroxylation is 3. The third kappa shape index (κ3) is 2.81. The van der Waals surface area contributed by atoms with Crippen molar-refractivity contribution in [1.29, 1.82) is 0 Å². The number of aromatic nitrogens is 4. The maximum absolute atomic E-state index is 4.70. The second-order valence-corrected chi connectivity index (χ2v) is 5.05. The summed E-state index contributed by atoms with van der Waals surface area (Å²) in [7, 11) is 1.92. The van der Waals surface area contributed by atoms with Gasteiger partial charge in [-0.05, 0) is 26.7 Å². The van der Waals surface area contributed by atoms with Gasteiger partial charge < -0.3 is 5.32 Å². The largest absolute Gasteiger partial charge is 0.370 e. The number of nitrogens with zero attached hydrogens (tertiary/aromatic N) is 4. The van der Waals surface area contributed by atoms with Gasteiger partial charge in [0.1, 0.15) is 5.82 Å². The predicted octanol–water partition coefficient (Wildman–Crippen LogP) is 2.88. The van der Waals surface area contributed by atoms with E-state index in [1.54, 1.807) is 4.68 Å². The summed E-state index contributed by atoms with van der Waals surface area (Å²) < 4.78 is 1.80. The standard InChI is InChI=1S/C15H23N5/c1-6-8-16-14-10(3)13(7-2)17-15(18-14)12-9-20(5)19-11(12)4/h9H,6-8H2,1-5H3,(H,16,17,18). The normalized spacial score (nSPS) is 10.8. The van der Waals surface area contributed by atoms with E-state index in [1.807, 2.05) is 20.2 Å². The third-order valence-electron chi connectivity index (χ3n) is 3.38. The first-order valence-corrected chi connectivity index (χ1v) is 7.18. The molecule has 20 heavy (non-hydrogen) atoms. The summed E-state index contributed by atoms with van der Waals surface area (Å²) in [6, 6.07) is 0. The monoisotopic (exact) mass is 273 g/mol. The van der Waals surface area contributed by atoms with E-state index in [-0.39, 0.29) is 0 Å². The van der Waals surface area contributed by atoms with Gasteiger partial charge >= 0.3 is 0 Å². The fourth-order valence-electron chi connectivity index (χ4n) is 2.26. The molecule has 108 valence electrons. The zero-order chi connectivity index (χ0) is 14.7. The van der Waals surface area contributed by atoms with Gasteiger partial charge in [-0.2, -0.15) is 5.10 Å². The van der Waals surface area contributed by atoms with Crippen LogP contribution in [0.5, 0.6) is 0 Å². The van der Waals surface area contributed by atoms with Crippen molar-refractivity contribution >= 4 is 5.82 Å². The molecule has 0 aliphatic carbocycles. The van der Waals surface area contributed by atoms with Crippen LogP contribution >= 0.6 is 0 Å². The van der Waals surface area contributed by atoms with Crippen LogP contribution in [0.4, 0.5) is 5.82 Å². The maximum Gasteiger partial charge on any atom is 0.165 e. The van der Waals surface area contributed by atoms with E-state index < -0.39 is 0 Å². The molecule has 0 saturated carbocycles. The van der Waals surface area contributed by atoms with Crippen LogP contribution in [0.1, 0.15) is 37.2 Å². The Morgan fingerprint density at radius 3 is 2.50 bits per heavy atom. The Morgan fingerprint density at radius 1 is 1.20 bits per heavy atom. The molecule has 0 fully saturated rings. The Kier molecular flexibility index (Phi) is 4.37. The molecule has 5 heteroatoms. The molecule has 2 aromatic heterocycles. The summed E-state index contributed by atoms with van der Waals surface area (Å²) in [5.74, 6) is 1.70. The minimum absolute atomic E-state index is 0.761. The first-order valence-electron chi connectivity index (χ1n) is 7.18. The lowest BCUT2D eigenvalue weighted by atomic mass is 10.1. The molecule has 0 aliphatic rings. The Bertz CT molecular complexity index is 601. The molecule has 0 aliphatic heterocycles. The molecule has 0 aromatic carbocycles. The van der Waals surface area contributed by atoms with Crippen molar-refractivity contribution in [2.24, 2.45) is 7.05 Å². The van der Waals surface area contributed by atoms with Crippen LogP contribution in [-0.2, 0) is 13.5 Å². The van der Waals surface area contributed by atoms with Gasteiger partial charge in [-0.3, -0.25) is 4.68 Å². The molecule has 5 nitrogen and oxygen atoms in total. The second-order valence-electron chi connectivity index (χ2n) is 5.05.